The Balaban J connectivity index is 1.50. The summed E-state index contributed by atoms with van der Waals surface area (Å²) in [6, 6.07) is 10.8. The molecule has 1 N–H and O–H groups in total. The summed E-state index contributed by atoms with van der Waals surface area (Å²) in [6.45, 7) is 1.33. The minimum absolute atomic E-state index is 0.0674. The molecule has 4 rings (SSSR count). The normalized spacial score (nSPS) is 15.0. The monoisotopic (exact) mass is 451 g/mol. The summed E-state index contributed by atoms with van der Waals surface area (Å²) in [7, 11) is 0. The van der Waals surface area contributed by atoms with Crippen molar-refractivity contribution in [3.8, 4) is 28.6 Å². The zero-order valence-corrected chi connectivity index (χ0v) is 17.0. The summed E-state index contributed by atoms with van der Waals surface area (Å²) in [6.07, 6.45) is -4.69. The van der Waals surface area contributed by atoms with Crippen LogP contribution >= 0.6 is 0 Å². The van der Waals surface area contributed by atoms with Gasteiger partial charge < -0.3 is 14.4 Å². The maximum Gasteiger partial charge on any atom is 0.419 e. The number of hydrogen-bond donors (Lipinski definition) is 1. The van der Waals surface area contributed by atoms with Gasteiger partial charge in [-0.2, -0.15) is 18.2 Å². The van der Waals surface area contributed by atoms with Gasteiger partial charge in [0.05, 0.1) is 5.56 Å². The van der Waals surface area contributed by atoms with Crippen molar-refractivity contribution in [3.05, 3.63) is 53.6 Å². The second-order valence-electron chi connectivity index (χ2n) is 7.61. The zero-order chi connectivity index (χ0) is 22.7. The molecule has 6 nitrogen and oxygen atoms in total. The van der Waals surface area contributed by atoms with Crippen molar-refractivity contribution in [1.29, 1.82) is 0 Å². The van der Waals surface area contributed by atoms with Crippen molar-refractivity contribution in [1.82, 2.24) is 15.0 Å². The lowest BCUT2D eigenvalue weighted by molar-refractivity contribution is -0.138. The van der Waals surface area contributed by atoms with E-state index in [2.05, 4.69) is 15.0 Å². The molecule has 0 spiro atoms. The van der Waals surface area contributed by atoms with Gasteiger partial charge in [0.25, 0.3) is 5.89 Å². The number of alkyl halides is 4. The Labute approximate surface area is 181 Å². The first-order chi connectivity index (χ1) is 15.4. The number of ether oxygens (including phenoxy) is 1. The second kappa shape index (κ2) is 9.25. The minimum Gasteiger partial charge on any atom is -0.490 e. The highest BCUT2D eigenvalue weighted by atomic mass is 19.4. The van der Waals surface area contributed by atoms with Crippen molar-refractivity contribution < 1.29 is 31.9 Å². The Morgan fingerprint density at radius 1 is 1.09 bits per heavy atom. The van der Waals surface area contributed by atoms with Gasteiger partial charge in [0.15, 0.2) is 0 Å². The largest absolute Gasteiger partial charge is 0.490 e. The van der Waals surface area contributed by atoms with Crippen LogP contribution < -0.4 is 4.74 Å². The van der Waals surface area contributed by atoms with Gasteiger partial charge in [0, 0.05) is 43.3 Å². The van der Waals surface area contributed by atoms with Crippen molar-refractivity contribution in [2.24, 2.45) is 5.92 Å². The second-order valence-corrected chi connectivity index (χ2v) is 7.61. The fourth-order valence-corrected chi connectivity index (χ4v) is 3.56. The van der Waals surface area contributed by atoms with E-state index in [1.54, 1.807) is 0 Å². The molecule has 1 saturated heterocycles. The van der Waals surface area contributed by atoms with E-state index in [9.17, 15) is 17.6 Å². The van der Waals surface area contributed by atoms with Gasteiger partial charge in [-0.05, 0) is 23.8 Å². The topological polar surface area (TPSA) is 71.6 Å². The van der Waals surface area contributed by atoms with Gasteiger partial charge in [-0.25, -0.2) is 4.39 Å². The van der Waals surface area contributed by atoms with E-state index in [1.807, 2.05) is 24.3 Å². The van der Waals surface area contributed by atoms with Gasteiger partial charge >= 0.3 is 6.18 Å². The van der Waals surface area contributed by atoms with Gasteiger partial charge in [-0.1, -0.05) is 29.4 Å². The number of benzene rings is 2. The van der Waals surface area contributed by atoms with Gasteiger partial charge in [0.1, 0.15) is 19.0 Å². The first kappa shape index (κ1) is 22.2. The number of nitrogens with zero attached hydrogens (tertiary/aromatic N) is 3. The van der Waals surface area contributed by atoms with Gasteiger partial charge in [-0.15, -0.1) is 0 Å². The number of halogens is 4. The Morgan fingerprint density at radius 3 is 2.47 bits per heavy atom. The van der Waals surface area contributed by atoms with Crippen LogP contribution in [0.15, 0.2) is 47.0 Å². The van der Waals surface area contributed by atoms with Crippen LogP contribution in [0.1, 0.15) is 11.1 Å². The molecule has 0 radical (unpaired) electrons. The number of aliphatic hydroxyl groups excluding tert-OH is 1. The maximum absolute atomic E-state index is 13.4. The molecule has 1 fully saturated rings. The third-order valence-corrected chi connectivity index (χ3v) is 5.20. The molecule has 0 amide bonds. The van der Waals surface area contributed by atoms with E-state index < -0.39 is 30.8 Å². The summed E-state index contributed by atoms with van der Waals surface area (Å²) in [5.41, 5.74) is 0.797. The van der Waals surface area contributed by atoms with Crippen LogP contribution in [0.4, 0.5) is 17.6 Å². The van der Waals surface area contributed by atoms with Crippen molar-refractivity contribution in [3.63, 3.8) is 0 Å². The lowest BCUT2D eigenvalue weighted by Gasteiger charge is -2.38. The summed E-state index contributed by atoms with van der Waals surface area (Å²) < 4.78 is 62.5. The smallest absolute Gasteiger partial charge is 0.419 e. The predicted octanol–water partition coefficient (Wildman–Crippen LogP) is 4.19. The van der Waals surface area contributed by atoms with Crippen LogP contribution in [0.25, 0.3) is 22.8 Å². The molecule has 0 unspecified atom stereocenters. The van der Waals surface area contributed by atoms with E-state index in [1.165, 1.54) is 6.07 Å². The Kier molecular flexibility index (Phi) is 6.43. The SMILES string of the molecule is OCC1CN(Cc2ccc(-c3noc(-c4ccc(OCCF)c(C(F)(F)F)c4)n3)cc2)C1. The standard InChI is InChI=1S/C22H21F4N3O3/c23-7-8-31-19-6-5-17(9-18(19)22(24,25)26)21-27-20(28-32-21)16-3-1-14(2-4-16)10-29-11-15(12-29)13-30/h1-6,9,15,30H,7-8,10-13H2. The molecule has 1 aliphatic heterocycles. The Hall–Kier alpha value is -2.98. The minimum atomic E-state index is -4.69. The summed E-state index contributed by atoms with van der Waals surface area (Å²) in [5, 5.41) is 13.0. The quantitative estimate of drug-likeness (QED) is 0.518. The van der Waals surface area contributed by atoms with Crippen LogP contribution in [-0.2, 0) is 12.7 Å². The molecule has 0 bridgehead atoms. The molecule has 0 saturated carbocycles. The van der Waals surface area contributed by atoms with Crippen molar-refractivity contribution >= 4 is 0 Å². The van der Waals surface area contributed by atoms with Crippen LogP contribution in [-0.4, -0.2) is 53.1 Å². The molecule has 170 valence electrons. The molecular formula is C22H21F4N3O3. The highest BCUT2D eigenvalue weighted by Gasteiger charge is 2.35. The van der Waals surface area contributed by atoms with Crippen LogP contribution in [0.2, 0.25) is 0 Å². The zero-order valence-electron chi connectivity index (χ0n) is 17.0. The number of hydrogen-bond acceptors (Lipinski definition) is 6. The molecule has 0 atom stereocenters. The fourth-order valence-electron chi connectivity index (χ4n) is 3.56. The van der Waals surface area contributed by atoms with E-state index in [-0.39, 0.29) is 23.9 Å². The fraction of sp³-hybridized carbons (Fsp3) is 0.364. The molecule has 3 aromatic rings. The average molecular weight is 451 g/mol. The average Bonchev–Trinajstić information content (AvgIpc) is 3.24. The molecule has 1 aliphatic rings. The summed E-state index contributed by atoms with van der Waals surface area (Å²) >= 11 is 0. The molecule has 0 aliphatic carbocycles. The summed E-state index contributed by atoms with van der Waals surface area (Å²) in [5.74, 6) is 0.0698. The lowest BCUT2D eigenvalue weighted by Crippen LogP contribution is -2.47. The molecule has 2 aromatic carbocycles. The molecule has 32 heavy (non-hydrogen) atoms. The summed E-state index contributed by atoms with van der Waals surface area (Å²) in [4.78, 5) is 6.44. The third kappa shape index (κ3) is 4.91. The van der Waals surface area contributed by atoms with Crippen molar-refractivity contribution in [2.75, 3.05) is 33.0 Å². The van der Waals surface area contributed by atoms with Gasteiger partial charge in [0.2, 0.25) is 5.82 Å². The number of aromatic nitrogens is 2. The third-order valence-electron chi connectivity index (χ3n) is 5.20. The first-order valence-electron chi connectivity index (χ1n) is 10.0. The molecule has 10 heteroatoms. The molecule has 2 heterocycles. The lowest BCUT2D eigenvalue weighted by atomic mass is 10.00. The van der Waals surface area contributed by atoms with Gasteiger partial charge in [-0.3, -0.25) is 4.90 Å². The Morgan fingerprint density at radius 2 is 1.81 bits per heavy atom. The highest BCUT2D eigenvalue weighted by molar-refractivity contribution is 5.62. The highest BCUT2D eigenvalue weighted by Crippen LogP contribution is 2.38. The van der Waals surface area contributed by atoms with E-state index in [0.29, 0.717) is 11.5 Å². The number of rotatable bonds is 8. The van der Waals surface area contributed by atoms with E-state index in [4.69, 9.17) is 14.4 Å². The van der Waals surface area contributed by atoms with E-state index >= 15 is 0 Å². The van der Waals surface area contributed by atoms with Crippen LogP contribution in [0, 0.1) is 5.92 Å². The van der Waals surface area contributed by atoms with Crippen molar-refractivity contribution in [2.45, 2.75) is 12.7 Å². The molecule has 1 aromatic heterocycles. The first-order valence-corrected chi connectivity index (χ1v) is 10.0. The number of likely N-dealkylation sites (tertiary alicyclic amines) is 1. The van der Waals surface area contributed by atoms with E-state index in [0.717, 1.165) is 37.3 Å². The maximum atomic E-state index is 13.4. The Bertz CT molecular complexity index is 1050. The predicted molar refractivity (Wildman–Crippen MR) is 107 cm³/mol. The number of aliphatic hydroxyl groups is 1. The van der Waals surface area contributed by atoms with Crippen LogP contribution in [0.5, 0.6) is 5.75 Å². The molecular weight excluding hydrogens is 430 g/mol. The van der Waals surface area contributed by atoms with Crippen LogP contribution in [0.3, 0.4) is 0 Å².